The maximum atomic E-state index is 6.17. The third kappa shape index (κ3) is 3.65. The summed E-state index contributed by atoms with van der Waals surface area (Å²) in [5, 5.41) is 5.17. The van der Waals surface area contributed by atoms with Crippen LogP contribution in [0.25, 0.3) is 16.5 Å². The number of hydrogen-bond acceptors (Lipinski definition) is 4. The average molecular weight is 531 g/mol. The molecule has 194 valence electrons. The molecule has 8 rings (SSSR count). The van der Waals surface area contributed by atoms with E-state index in [0.29, 0.717) is 35.0 Å². The number of nitrogens with zero attached hydrogens (tertiary/aromatic N) is 5. The predicted octanol–water partition coefficient (Wildman–Crippen LogP) is 5.82. The monoisotopic (exact) mass is 530 g/mol. The molecule has 0 saturated carbocycles. The summed E-state index contributed by atoms with van der Waals surface area (Å²) >= 11 is 0. The van der Waals surface area contributed by atoms with Gasteiger partial charge in [-0.2, -0.15) is 0 Å². The minimum absolute atomic E-state index is 0.463. The van der Waals surface area contributed by atoms with Crippen molar-refractivity contribution in [3.8, 4) is 0 Å². The van der Waals surface area contributed by atoms with Crippen LogP contribution in [0.3, 0.4) is 0 Å². The van der Waals surface area contributed by atoms with Crippen molar-refractivity contribution in [1.82, 2.24) is 10.3 Å². The second-order valence-corrected chi connectivity index (χ2v) is 9.87. The second kappa shape index (κ2) is 8.82. The average Bonchev–Trinajstić information content (AvgIpc) is 3.73. The van der Waals surface area contributed by atoms with Crippen molar-refractivity contribution < 1.29 is 0 Å². The molecule has 0 fully saturated rings. The lowest BCUT2D eigenvalue weighted by Gasteiger charge is -2.01. The normalized spacial score (nSPS) is 18.0. The van der Waals surface area contributed by atoms with Gasteiger partial charge in [-0.25, -0.2) is 25.0 Å². The van der Waals surface area contributed by atoms with Gasteiger partial charge in [-0.05, 0) is 0 Å². The molecule has 0 amide bonds. The lowest BCUT2D eigenvalue weighted by atomic mass is 10.1. The molecular formula is C33H22N8. The third-order valence-electron chi connectivity index (χ3n) is 7.39. The van der Waals surface area contributed by atoms with Gasteiger partial charge in [0.2, 0.25) is 0 Å². The molecule has 0 unspecified atom stereocenters. The van der Waals surface area contributed by atoms with Gasteiger partial charge >= 0.3 is 0 Å². The van der Waals surface area contributed by atoms with E-state index in [9.17, 15) is 0 Å². The molecule has 41 heavy (non-hydrogen) atoms. The van der Waals surface area contributed by atoms with Gasteiger partial charge in [0.25, 0.3) is 0 Å². The summed E-state index contributed by atoms with van der Waals surface area (Å²) in [7, 11) is 0. The fourth-order valence-corrected chi connectivity index (χ4v) is 5.44. The van der Waals surface area contributed by atoms with Crippen molar-refractivity contribution in [3.05, 3.63) is 137 Å². The minimum Gasteiger partial charge on any atom is -0.383 e. The van der Waals surface area contributed by atoms with Crippen LogP contribution in [-0.4, -0.2) is 34.2 Å². The first kappa shape index (κ1) is 23.0. The number of aliphatic imine (C=N–C) groups is 5. The summed E-state index contributed by atoms with van der Waals surface area (Å²) in [6.45, 7) is 4.13. The van der Waals surface area contributed by atoms with E-state index in [0.717, 1.165) is 55.7 Å². The first-order valence-corrected chi connectivity index (χ1v) is 13.2. The number of nitrogens with one attached hydrogen (secondary N) is 2. The van der Waals surface area contributed by atoms with Gasteiger partial charge in [0.05, 0.1) is 0 Å². The highest BCUT2D eigenvalue weighted by Gasteiger charge is 2.26. The van der Waals surface area contributed by atoms with Crippen LogP contribution < -0.4 is 11.1 Å². The summed E-state index contributed by atoms with van der Waals surface area (Å²) < 4.78 is 0. The number of rotatable bonds is 2. The third-order valence-corrected chi connectivity index (χ3v) is 7.39. The van der Waals surface area contributed by atoms with Crippen molar-refractivity contribution in [2.24, 2.45) is 30.7 Å². The van der Waals surface area contributed by atoms with Crippen LogP contribution in [0.2, 0.25) is 0 Å². The molecule has 8 heteroatoms. The molecule has 3 aliphatic heterocycles. The van der Waals surface area contributed by atoms with Crippen LogP contribution in [0.5, 0.6) is 0 Å². The van der Waals surface area contributed by atoms with E-state index in [1.165, 1.54) is 0 Å². The Hall–Kier alpha value is -5.89. The van der Waals surface area contributed by atoms with Crippen LogP contribution in [-0.2, 0) is 0 Å². The number of nitrogens with two attached hydrogens (primary N) is 1. The van der Waals surface area contributed by atoms with E-state index in [2.05, 4.69) is 21.9 Å². The molecule has 0 aliphatic carbocycles. The van der Waals surface area contributed by atoms with E-state index >= 15 is 0 Å². The number of benzene rings is 4. The number of amidine groups is 5. The van der Waals surface area contributed by atoms with E-state index in [4.69, 9.17) is 25.7 Å². The molecule has 0 spiro atoms. The van der Waals surface area contributed by atoms with Crippen molar-refractivity contribution in [2.45, 2.75) is 0 Å². The van der Waals surface area contributed by atoms with Gasteiger partial charge in [0.1, 0.15) is 23.3 Å². The standard InChI is InChI=1S/C33H22N8/c1-18-19-10-2-4-12-21(19)28(35-18)37-30-23-14-6-8-16-25(23)32(39-30)41-33-26-17-9-7-15-24(26)31(40-33)38-29-22-13-5-3-11-20(22)27(34)36-29/h2-17,40H,1H2,(H2,34,36,38)(H,35,37,39,41). The topological polar surface area (TPSA) is 116 Å². The Morgan fingerprint density at radius 2 is 1.07 bits per heavy atom. The second-order valence-electron chi connectivity index (χ2n) is 9.87. The summed E-state index contributed by atoms with van der Waals surface area (Å²) in [6, 6.07) is 31.9. The molecule has 5 aromatic rings. The Kier molecular flexibility index (Phi) is 4.96. The molecule has 8 nitrogen and oxygen atoms in total. The van der Waals surface area contributed by atoms with E-state index < -0.39 is 0 Å². The molecule has 0 bridgehead atoms. The van der Waals surface area contributed by atoms with E-state index in [-0.39, 0.29) is 0 Å². The number of aromatic nitrogens is 1. The first-order chi connectivity index (χ1) is 20.1. The Bertz CT molecular complexity index is 2100. The maximum absolute atomic E-state index is 6.17. The zero-order valence-electron chi connectivity index (χ0n) is 21.8. The molecule has 1 aromatic heterocycles. The van der Waals surface area contributed by atoms with Crippen LogP contribution in [0.4, 0.5) is 11.6 Å². The van der Waals surface area contributed by atoms with Gasteiger partial charge < -0.3 is 16.0 Å². The summed E-state index contributed by atoms with van der Waals surface area (Å²) in [6.07, 6.45) is 0. The SMILES string of the molecule is C=C1N/C(=N\C2=NC(=N\c3[nH]c(/N=C4\N=C(N)c5ccccc54)c4ccccc34)/c3ccccc32)c2ccccc21. The molecule has 0 atom stereocenters. The van der Waals surface area contributed by atoms with Crippen LogP contribution in [0.15, 0.2) is 129 Å². The van der Waals surface area contributed by atoms with E-state index in [1.54, 1.807) is 0 Å². The van der Waals surface area contributed by atoms with Gasteiger partial charge in [0, 0.05) is 49.9 Å². The Labute approximate surface area is 235 Å². The zero-order valence-corrected chi connectivity index (χ0v) is 21.8. The van der Waals surface area contributed by atoms with Gasteiger partial charge in [0.15, 0.2) is 17.5 Å². The number of hydrogen-bond donors (Lipinski definition) is 3. The highest BCUT2D eigenvalue weighted by Crippen LogP contribution is 2.36. The number of H-pyrrole nitrogens is 1. The van der Waals surface area contributed by atoms with Crippen molar-refractivity contribution >= 4 is 57.3 Å². The Morgan fingerprint density at radius 3 is 1.76 bits per heavy atom. The minimum atomic E-state index is 0.463. The molecule has 4 aromatic carbocycles. The molecule has 3 aliphatic rings. The zero-order chi connectivity index (χ0) is 27.5. The quantitative estimate of drug-likeness (QED) is 0.267. The van der Waals surface area contributed by atoms with Crippen LogP contribution in [0.1, 0.15) is 33.4 Å². The number of fused-ring (bicyclic) bond motifs is 4. The van der Waals surface area contributed by atoms with Crippen molar-refractivity contribution in [2.75, 3.05) is 0 Å². The molecule has 4 heterocycles. The van der Waals surface area contributed by atoms with Gasteiger partial charge in [-0.1, -0.05) is 104 Å². The van der Waals surface area contributed by atoms with Gasteiger partial charge in [-0.15, -0.1) is 0 Å². The largest absolute Gasteiger partial charge is 0.383 e. The van der Waals surface area contributed by atoms with Crippen molar-refractivity contribution in [1.29, 1.82) is 0 Å². The van der Waals surface area contributed by atoms with Gasteiger partial charge in [-0.3, -0.25) is 0 Å². The molecule has 0 saturated heterocycles. The molecule has 4 N–H and O–H groups in total. The molecule has 0 radical (unpaired) electrons. The van der Waals surface area contributed by atoms with Crippen LogP contribution >= 0.6 is 0 Å². The fourth-order valence-electron chi connectivity index (χ4n) is 5.44. The summed E-state index contributed by atoms with van der Waals surface area (Å²) in [5.74, 6) is 4.23. The lowest BCUT2D eigenvalue weighted by molar-refractivity contribution is 1.29. The Morgan fingerprint density at radius 1 is 0.561 bits per heavy atom. The van der Waals surface area contributed by atoms with Crippen molar-refractivity contribution in [3.63, 3.8) is 0 Å². The fraction of sp³-hybridized carbons (Fsp3) is 0. The smallest absolute Gasteiger partial charge is 0.164 e. The Balaban J connectivity index is 1.25. The van der Waals surface area contributed by atoms with Crippen LogP contribution in [0, 0.1) is 0 Å². The number of aromatic amines is 1. The summed E-state index contributed by atoms with van der Waals surface area (Å²) in [5.41, 5.74) is 12.6. The first-order valence-electron chi connectivity index (χ1n) is 13.2. The van der Waals surface area contributed by atoms with E-state index in [1.807, 2.05) is 97.1 Å². The highest BCUT2D eigenvalue weighted by atomic mass is 15.1. The maximum Gasteiger partial charge on any atom is 0.164 e. The molecular weight excluding hydrogens is 508 g/mol. The lowest BCUT2D eigenvalue weighted by Crippen LogP contribution is -2.16. The predicted molar refractivity (Wildman–Crippen MR) is 166 cm³/mol. The highest BCUT2D eigenvalue weighted by molar-refractivity contribution is 6.27. The summed E-state index contributed by atoms with van der Waals surface area (Å²) in [4.78, 5) is 27.6.